The molecule has 0 spiro atoms. The average molecular weight is 279 g/mol. The zero-order chi connectivity index (χ0) is 8.10. The number of hydrogen-bond acceptors (Lipinski definition) is 0. The third-order valence-electron chi connectivity index (χ3n) is 1.29. The van der Waals surface area contributed by atoms with Gasteiger partial charge in [0.2, 0.25) is 0 Å². The molecule has 0 bridgehead atoms. The fraction of sp³-hybridized carbons (Fsp3) is 0.111. The molecule has 1 rings (SSSR count). The van der Waals surface area contributed by atoms with Crippen molar-refractivity contribution in [3.05, 3.63) is 39.5 Å². The third-order valence-corrected chi connectivity index (χ3v) is 2.45. The molecular formula is C9H8ClI. The summed E-state index contributed by atoms with van der Waals surface area (Å²) in [5.41, 5.74) is 1.23. The minimum absolute atomic E-state index is 0.574. The lowest BCUT2D eigenvalue weighted by molar-refractivity contribution is 1.59. The van der Waals surface area contributed by atoms with Crippen LogP contribution in [0, 0.1) is 3.57 Å². The summed E-state index contributed by atoms with van der Waals surface area (Å²) in [4.78, 5) is 0. The first-order valence-corrected chi connectivity index (χ1v) is 4.93. The highest BCUT2D eigenvalue weighted by Gasteiger charge is 1.90. The number of alkyl halides is 1. The zero-order valence-corrected chi connectivity index (χ0v) is 8.84. The zero-order valence-electron chi connectivity index (χ0n) is 5.93. The van der Waals surface area contributed by atoms with Gasteiger partial charge in [-0.25, -0.2) is 0 Å². The smallest absolute Gasteiger partial charge is 0.0407 e. The van der Waals surface area contributed by atoms with E-state index < -0.39 is 0 Å². The second-order valence-electron chi connectivity index (χ2n) is 2.08. The van der Waals surface area contributed by atoms with Crippen molar-refractivity contribution in [2.75, 3.05) is 5.88 Å². The van der Waals surface area contributed by atoms with Crippen LogP contribution >= 0.6 is 34.2 Å². The molecular weight excluding hydrogens is 270 g/mol. The first kappa shape index (κ1) is 9.07. The lowest BCUT2D eigenvalue weighted by atomic mass is 10.2. The van der Waals surface area contributed by atoms with Crippen molar-refractivity contribution in [2.45, 2.75) is 0 Å². The monoisotopic (exact) mass is 278 g/mol. The Labute approximate surface area is 85.4 Å². The molecule has 0 aliphatic heterocycles. The van der Waals surface area contributed by atoms with Gasteiger partial charge in [0.1, 0.15) is 0 Å². The third kappa shape index (κ3) is 2.83. The van der Waals surface area contributed by atoms with Gasteiger partial charge in [-0.05, 0) is 34.2 Å². The Bertz CT molecular complexity index is 255. The molecule has 0 saturated heterocycles. The van der Waals surface area contributed by atoms with Crippen LogP contribution in [0.25, 0.3) is 6.08 Å². The van der Waals surface area contributed by atoms with Crippen molar-refractivity contribution in [2.24, 2.45) is 0 Å². The first-order chi connectivity index (χ1) is 5.34. The van der Waals surface area contributed by atoms with Crippen LogP contribution in [-0.2, 0) is 0 Å². The summed E-state index contributed by atoms with van der Waals surface area (Å²) in [7, 11) is 0. The number of hydrogen-bond donors (Lipinski definition) is 0. The van der Waals surface area contributed by atoms with Gasteiger partial charge in [-0.2, -0.15) is 0 Å². The molecule has 11 heavy (non-hydrogen) atoms. The predicted octanol–water partition coefficient (Wildman–Crippen LogP) is 3.54. The van der Waals surface area contributed by atoms with Crippen molar-refractivity contribution in [1.29, 1.82) is 0 Å². The highest BCUT2D eigenvalue weighted by atomic mass is 127. The van der Waals surface area contributed by atoms with Crippen LogP contribution in [0.15, 0.2) is 30.3 Å². The number of benzene rings is 1. The van der Waals surface area contributed by atoms with Crippen LogP contribution in [0.2, 0.25) is 0 Å². The average Bonchev–Trinajstić information content (AvgIpc) is 2.03. The topological polar surface area (TPSA) is 0 Å². The lowest BCUT2D eigenvalue weighted by Crippen LogP contribution is -1.76. The molecule has 0 fully saturated rings. The fourth-order valence-corrected chi connectivity index (χ4v) is 1.44. The molecule has 1 aromatic rings. The Morgan fingerprint density at radius 3 is 2.73 bits per heavy atom. The van der Waals surface area contributed by atoms with E-state index in [1.165, 1.54) is 9.13 Å². The van der Waals surface area contributed by atoms with E-state index in [1.54, 1.807) is 0 Å². The minimum Gasteiger partial charge on any atom is -0.122 e. The van der Waals surface area contributed by atoms with Gasteiger partial charge < -0.3 is 0 Å². The molecule has 0 aliphatic rings. The van der Waals surface area contributed by atoms with Gasteiger partial charge in [0.25, 0.3) is 0 Å². The number of rotatable bonds is 2. The Morgan fingerprint density at radius 1 is 1.36 bits per heavy atom. The van der Waals surface area contributed by atoms with Crippen molar-refractivity contribution in [1.82, 2.24) is 0 Å². The minimum atomic E-state index is 0.574. The summed E-state index contributed by atoms with van der Waals surface area (Å²) < 4.78 is 1.26. The second kappa shape index (κ2) is 4.78. The molecule has 0 nitrogen and oxygen atoms in total. The van der Waals surface area contributed by atoms with Gasteiger partial charge >= 0.3 is 0 Å². The van der Waals surface area contributed by atoms with Gasteiger partial charge in [0, 0.05) is 9.45 Å². The number of allylic oxidation sites excluding steroid dienone is 1. The Hall–Kier alpha value is -0.0200. The molecule has 0 N–H and O–H groups in total. The standard InChI is InChI=1S/C9H8ClI/c10-7-3-5-8-4-1-2-6-9(8)11/h1-6H,7H2. The Kier molecular flexibility index (Phi) is 3.94. The maximum Gasteiger partial charge on any atom is 0.0407 e. The van der Waals surface area contributed by atoms with E-state index in [0.29, 0.717) is 5.88 Å². The molecule has 1 aromatic carbocycles. The van der Waals surface area contributed by atoms with E-state index in [0.717, 1.165) is 0 Å². The normalized spacial score (nSPS) is 10.7. The molecule has 0 radical (unpaired) electrons. The summed E-state index contributed by atoms with van der Waals surface area (Å²) >= 11 is 7.82. The van der Waals surface area contributed by atoms with Crippen LogP contribution in [0.1, 0.15) is 5.56 Å². The van der Waals surface area contributed by atoms with Crippen LogP contribution in [-0.4, -0.2) is 5.88 Å². The highest BCUT2D eigenvalue weighted by Crippen LogP contribution is 2.12. The summed E-state index contributed by atoms with van der Waals surface area (Å²) in [5.74, 6) is 0.574. The molecule has 58 valence electrons. The van der Waals surface area contributed by atoms with E-state index in [9.17, 15) is 0 Å². The quantitative estimate of drug-likeness (QED) is 0.573. The van der Waals surface area contributed by atoms with Crippen molar-refractivity contribution >= 4 is 40.3 Å². The molecule has 0 atom stereocenters. The summed E-state index contributed by atoms with van der Waals surface area (Å²) in [6.07, 6.45) is 3.98. The van der Waals surface area contributed by atoms with E-state index >= 15 is 0 Å². The summed E-state index contributed by atoms with van der Waals surface area (Å²) in [5, 5.41) is 0. The molecule has 0 unspecified atom stereocenters. The summed E-state index contributed by atoms with van der Waals surface area (Å²) in [6, 6.07) is 8.20. The lowest BCUT2D eigenvalue weighted by Gasteiger charge is -1.94. The maximum atomic E-state index is 5.51. The number of halogens is 2. The van der Waals surface area contributed by atoms with Gasteiger partial charge in [-0.15, -0.1) is 11.6 Å². The molecule has 0 heterocycles. The largest absolute Gasteiger partial charge is 0.122 e. The van der Waals surface area contributed by atoms with E-state index in [-0.39, 0.29) is 0 Å². The predicted molar refractivity (Wildman–Crippen MR) is 58.9 cm³/mol. The molecule has 0 aromatic heterocycles. The van der Waals surface area contributed by atoms with Crippen LogP contribution in [0.4, 0.5) is 0 Å². The first-order valence-electron chi connectivity index (χ1n) is 3.31. The van der Waals surface area contributed by atoms with Gasteiger partial charge in [0.05, 0.1) is 0 Å². The fourth-order valence-electron chi connectivity index (χ4n) is 0.782. The van der Waals surface area contributed by atoms with Crippen LogP contribution < -0.4 is 0 Å². The van der Waals surface area contributed by atoms with Crippen molar-refractivity contribution in [3.8, 4) is 0 Å². The van der Waals surface area contributed by atoms with E-state index in [4.69, 9.17) is 11.6 Å². The van der Waals surface area contributed by atoms with Gasteiger partial charge in [-0.3, -0.25) is 0 Å². The van der Waals surface area contributed by atoms with E-state index in [1.807, 2.05) is 24.3 Å². The molecule has 0 amide bonds. The maximum absolute atomic E-state index is 5.51. The SMILES string of the molecule is ClCC=Cc1ccccc1I. The molecule has 2 heteroatoms. The highest BCUT2D eigenvalue weighted by molar-refractivity contribution is 14.1. The second-order valence-corrected chi connectivity index (χ2v) is 3.55. The van der Waals surface area contributed by atoms with Crippen LogP contribution in [0.5, 0.6) is 0 Å². The molecule has 0 aliphatic carbocycles. The van der Waals surface area contributed by atoms with Gasteiger partial charge in [0.15, 0.2) is 0 Å². The Morgan fingerprint density at radius 2 is 2.09 bits per heavy atom. The van der Waals surface area contributed by atoms with E-state index in [2.05, 4.69) is 34.7 Å². The Balaban J connectivity index is 2.86. The molecule has 0 saturated carbocycles. The summed E-state index contributed by atoms with van der Waals surface area (Å²) in [6.45, 7) is 0. The van der Waals surface area contributed by atoms with Crippen molar-refractivity contribution in [3.63, 3.8) is 0 Å². The van der Waals surface area contributed by atoms with Crippen LogP contribution in [0.3, 0.4) is 0 Å². The van der Waals surface area contributed by atoms with Gasteiger partial charge in [-0.1, -0.05) is 30.4 Å². The van der Waals surface area contributed by atoms with Crippen molar-refractivity contribution < 1.29 is 0 Å².